The summed E-state index contributed by atoms with van der Waals surface area (Å²) in [6.07, 6.45) is -3.42. The number of carbonyl (C=O) groups excluding carboxylic acids is 1. The SMILES string of the molecule is C=C(C(=O)c1cc(C)ccn1)C(F)(F)F. The third-order valence-electron chi connectivity index (χ3n) is 1.76. The van der Waals surface area contributed by atoms with Gasteiger partial charge in [0.05, 0.1) is 5.57 Å². The Morgan fingerprint density at radius 2 is 2.07 bits per heavy atom. The van der Waals surface area contributed by atoms with E-state index >= 15 is 0 Å². The molecule has 0 aromatic carbocycles. The smallest absolute Gasteiger partial charge is 0.287 e. The van der Waals surface area contributed by atoms with Crippen molar-refractivity contribution in [3.63, 3.8) is 0 Å². The van der Waals surface area contributed by atoms with Gasteiger partial charge in [0.25, 0.3) is 0 Å². The molecule has 15 heavy (non-hydrogen) atoms. The van der Waals surface area contributed by atoms with E-state index in [9.17, 15) is 18.0 Å². The first kappa shape index (κ1) is 11.4. The van der Waals surface area contributed by atoms with E-state index in [1.54, 1.807) is 13.0 Å². The summed E-state index contributed by atoms with van der Waals surface area (Å²) in [6.45, 7) is 4.38. The molecule has 0 amide bonds. The Hall–Kier alpha value is -1.65. The summed E-state index contributed by atoms with van der Waals surface area (Å²) in [4.78, 5) is 14.8. The lowest BCUT2D eigenvalue weighted by molar-refractivity contribution is -0.0884. The van der Waals surface area contributed by atoms with Crippen molar-refractivity contribution in [2.45, 2.75) is 13.1 Å². The second kappa shape index (κ2) is 3.84. The second-order valence-electron chi connectivity index (χ2n) is 3.02. The van der Waals surface area contributed by atoms with Crippen LogP contribution in [0, 0.1) is 6.92 Å². The molecule has 80 valence electrons. The number of Topliss-reactive ketones (excluding diaryl/α,β-unsaturated/α-hetero) is 1. The summed E-state index contributed by atoms with van der Waals surface area (Å²) in [6, 6.07) is 2.88. The number of allylic oxidation sites excluding steroid dienone is 1. The van der Waals surface area contributed by atoms with Crippen LogP contribution in [-0.4, -0.2) is 16.9 Å². The van der Waals surface area contributed by atoms with Gasteiger partial charge >= 0.3 is 6.18 Å². The first-order valence-electron chi connectivity index (χ1n) is 4.06. The highest BCUT2D eigenvalue weighted by molar-refractivity contribution is 6.07. The quantitative estimate of drug-likeness (QED) is 0.560. The highest BCUT2D eigenvalue weighted by atomic mass is 19.4. The van der Waals surface area contributed by atoms with Gasteiger partial charge in [0.2, 0.25) is 5.78 Å². The van der Waals surface area contributed by atoms with Crippen molar-refractivity contribution in [2.24, 2.45) is 0 Å². The molecule has 0 saturated carbocycles. The topological polar surface area (TPSA) is 30.0 Å². The summed E-state index contributed by atoms with van der Waals surface area (Å²) >= 11 is 0. The number of hydrogen-bond donors (Lipinski definition) is 0. The lowest BCUT2D eigenvalue weighted by Crippen LogP contribution is -2.20. The minimum absolute atomic E-state index is 0.239. The minimum Gasteiger partial charge on any atom is -0.287 e. The Morgan fingerprint density at radius 3 is 2.53 bits per heavy atom. The lowest BCUT2D eigenvalue weighted by atomic mass is 10.1. The van der Waals surface area contributed by atoms with Gasteiger partial charge in [0, 0.05) is 6.20 Å². The number of hydrogen-bond acceptors (Lipinski definition) is 2. The minimum atomic E-state index is -4.71. The molecule has 0 saturated heterocycles. The zero-order chi connectivity index (χ0) is 11.6. The van der Waals surface area contributed by atoms with Crippen LogP contribution in [-0.2, 0) is 0 Å². The number of aryl methyl sites for hydroxylation is 1. The predicted molar refractivity (Wildman–Crippen MR) is 48.5 cm³/mol. The fraction of sp³-hybridized carbons (Fsp3) is 0.200. The van der Waals surface area contributed by atoms with Gasteiger partial charge in [0.1, 0.15) is 5.69 Å². The van der Waals surface area contributed by atoms with Crippen LogP contribution in [0.15, 0.2) is 30.5 Å². The van der Waals surface area contributed by atoms with E-state index in [0.29, 0.717) is 5.56 Å². The monoisotopic (exact) mass is 215 g/mol. The fourth-order valence-electron chi connectivity index (χ4n) is 0.944. The summed E-state index contributed by atoms with van der Waals surface area (Å²) in [5.74, 6) is -1.19. The second-order valence-corrected chi connectivity index (χ2v) is 3.02. The van der Waals surface area contributed by atoms with Crippen LogP contribution in [0.25, 0.3) is 0 Å². The molecule has 1 rings (SSSR count). The van der Waals surface area contributed by atoms with Gasteiger partial charge in [-0.15, -0.1) is 0 Å². The van der Waals surface area contributed by atoms with Crippen LogP contribution in [0.5, 0.6) is 0 Å². The van der Waals surface area contributed by atoms with Gasteiger partial charge in [-0.05, 0) is 24.6 Å². The molecule has 0 spiro atoms. The van der Waals surface area contributed by atoms with Gasteiger partial charge in [-0.2, -0.15) is 13.2 Å². The molecule has 0 aliphatic carbocycles. The normalized spacial score (nSPS) is 11.2. The Bertz CT molecular complexity index is 409. The van der Waals surface area contributed by atoms with Gasteiger partial charge in [-0.1, -0.05) is 6.58 Å². The maximum Gasteiger partial charge on any atom is 0.419 e. The molecule has 1 aromatic heterocycles. The predicted octanol–water partition coefficient (Wildman–Crippen LogP) is 2.69. The molecule has 0 atom stereocenters. The van der Waals surface area contributed by atoms with Gasteiger partial charge in [-0.3, -0.25) is 9.78 Å². The maximum absolute atomic E-state index is 12.1. The molecule has 1 aromatic rings. The summed E-state index contributed by atoms with van der Waals surface area (Å²) in [5.41, 5.74) is -0.971. The average molecular weight is 215 g/mol. The Balaban J connectivity index is 3.01. The molecule has 0 unspecified atom stereocenters. The lowest BCUT2D eigenvalue weighted by Gasteiger charge is -2.08. The van der Waals surface area contributed by atoms with Crippen molar-refractivity contribution in [3.05, 3.63) is 41.7 Å². The van der Waals surface area contributed by atoms with Crippen molar-refractivity contribution in [2.75, 3.05) is 0 Å². The summed E-state index contributed by atoms with van der Waals surface area (Å²) < 4.78 is 36.4. The van der Waals surface area contributed by atoms with E-state index in [2.05, 4.69) is 11.6 Å². The first-order valence-corrected chi connectivity index (χ1v) is 4.06. The fourth-order valence-corrected chi connectivity index (χ4v) is 0.944. The molecule has 0 radical (unpaired) electrons. The van der Waals surface area contributed by atoms with Crippen LogP contribution < -0.4 is 0 Å². The molecular formula is C10H8F3NO. The summed E-state index contributed by atoms with van der Waals surface area (Å²) in [5, 5.41) is 0. The standard InChI is InChI=1S/C10H8F3NO/c1-6-3-4-14-8(5-6)9(15)7(2)10(11,12)13/h3-5H,2H2,1H3. The number of nitrogens with zero attached hydrogens (tertiary/aromatic N) is 1. The van der Waals surface area contributed by atoms with E-state index in [1.807, 2.05) is 0 Å². The Morgan fingerprint density at radius 1 is 1.47 bits per heavy atom. The largest absolute Gasteiger partial charge is 0.419 e. The number of aromatic nitrogens is 1. The Kier molecular flexibility index (Phi) is 2.93. The molecule has 5 heteroatoms. The molecule has 0 fully saturated rings. The number of rotatable bonds is 2. The average Bonchev–Trinajstić information content (AvgIpc) is 2.14. The number of halogens is 3. The number of ketones is 1. The van der Waals surface area contributed by atoms with E-state index in [0.717, 1.165) is 0 Å². The van der Waals surface area contributed by atoms with Crippen molar-refractivity contribution >= 4 is 5.78 Å². The summed E-state index contributed by atoms with van der Waals surface area (Å²) in [7, 11) is 0. The van der Waals surface area contributed by atoms with Crippen LogP contribution in [0.3, 0.4) is 0 Å². The third-order valence-corrected chi connectivity index (χ3v) is 1.76. The molecule has 1 heterocycles. The van der Waals surface area contributed by atoms with Crippen molar-refractivity contribution in [3.8, 4) is 0 Å². The first-order chi connectivity index (χ1) is 6.82. The highest BCUT2D eigenvalue weighted by Crippen LogP contribution is 2.26. The van der Waals surface area contributed by atoms with Gasteiger partial charge in [-0.25, -0.2) is 0 Å². The molecular weight excluding hydrogens is 207 g/mol. The molecule has 0 bridgehead atoms. The van der Waals surface area contributed by atoms with E-state index < -0.39 is 17.5 Å². The zero-order valence-corrected chi connectivity index (χ0v) is 7.93. The van der Waals surface area contributed by atoms with Crippen molar-refractivity contribution < 1.29 is 18.0 Å². The third kappa shape index (κ3) is 2.65. The van der Waals surface area contributed by atoms with Crippen molar-refractivity contribution in [1.82, 2.24) is 4.98 Å². The van der Waals surface area contributed by atoms with Crippen LogP contribution >= 0.6 is 0 Å². The number of carbonyl (C=O) groups is 1. The van der Waals surface area contributed by atoms with Crippen LogP contribution in [0.2, 0.25) is 0 Å². The molecule has 0 aliphatic rings. The Labute approximate surface area is 84.4 Å². The number of alkyl halides is 3. The van der Waals surface area contributed by atoms with Gasteiger partial charge in [0.15, 0.2) is 0 Å². The molecule has 2 nitrogen and oxygen atoms in total. The van der Waals surface area contributed by atoms with Crippen LogP contribution in [0.4, 0.5) is 13.2 Å². The van der Waals surface area contributed by atoms with E-state index in [1.165, 1.54) is 12.3 Å². The zero-order valence-electron chi connectivity index (χ0n) is 7.93. The maximum atomic E-state index is 12.1. The highest BCUT2D eigenvalue weighted by Gasteiger charge is 2.37. The van der Waals surface area contributed by atoms with Gasteiger partial charge < -0.3 is 0 Å². The van der Waals surface area contributed by atoms with Crippen LogP contribution in [0.1, 0.15) is 16.1 Å². The molecule has 0 aliphatic heterocycles. The number of pyridine rings is 1. The molecule has 0 N–H and O–H groups in total. The van der Waals surface area contributed by atoms with E-state index in [-0.39, 0.29) is 5.69 Å². The van der Waals surface area contributed by atoms with Crippen molar-refractivity contribution in [1.29, 1.82) is 0 Å². The van der Waals surface area contributed by atoms with E-state index in [4.69, 9.17) is 0 Å².